The van der Waals surface area contributed by atoms with Gasteiger partial charge in [-0.1, -0.05) is 20.8 Å². The van der Waals surface area contributed by atoms with E-state index in [0.29, 0.717) is 31.5 Å². The lowest BCUT2D eigenvalue weighted by atomic mass is 9.94. The minimum atomic E-state index is -0.0242. The van der Waals surface area contributed by atoms with Crippen LogP contribution in [0.25, 0.3) is 0 Å². The van der Waals surface area contributed by atoms with E-state index in [9.17, 15) is 0 Å². The Morgan fingerprint density at radius 1 is 1.42 bits per heavy atom. The molecule has 2 N–H and O–H groups in total. The molecule has 19 heavy (non-hydrogen) atoms. The topological polar surface area (TPSA) is 71.7 Å². The van der Waals surface area contributed by atoms with Crippen LogP contribution < -0.4 is 10.6 Å². The summed E-state index contributed by atoms with van der Waals surface area (Å²) < 4.78 is 10.7. The molecule has 6 heteroatoms. The summed E-state index contributed by atoms with van der Waals surface area (Å²) in [6, 6.07) is 0. The van der Waals surface area contributed by atoms with Crippen molar-refractivity contribution in [1.29, 1.82) is 0 Å². The lowest BCUT2D eigenvalue weighted by Gasteiger charge is -2.13. The van der Waals surface area contributed by atoms with Gasteiger partial charge in [0.05, 0.1) is 19.3 Å². The number of aromatic nitrogens is 1. The smallest absolute Gasteiger partial charge is 0.213 e. The normalized spacial score (nSPS) is 12.6. The van der Waals surface area contributed by atoms with E-state index >= 15 is 0 Å². The minimum absolute atomic E-state index is 0.0242. The zero-order valence-corrected chi connectivity index (χ0v) is 12.4. The van der Waals surface area contributed by atoms with Gasteiger partial charge in [-0.2, -0.15) is 0 Å². The molecule has 0 spiro atoms. The molecule has 0 aliphatic rings. The van der Waals surface area contributed by atoms with Crippen LogP contribution in [0.1, 0.15) is 32.4 Å². The Bertz CT molecular complexity index is 407. The number of rotatable bonds is 5. The predicted molar refractivity (Wildman–Crippen MR) is 75.3 cm³/mol. The highest BCUT2D eigenvalue weighted by atomic mass is 16.5. The van der Waals surface area contributed by atoms with Gasteiger partial charge in [0.15, 0.2) is 5.96 Å². The SMILES string of the molecule is CN=C(NCCOC)NCc1ncc(C(C)(C)C)o1. The first-order valence-corrected chi connectivity index (χ1v) is 6.36. The van der Waals surface area contributed by atoms with E-state index < -0.39 is 0 Å². The van der Waals surface area contributed by atoms with E-state index in [0.717, 1.165) is 5.76 Å². The highest BCUT2D eigenvalue weighted by Crippen LogP contribution is 2.22. The molecule has 0 saturated carbocycles. The largest absolute Gasteiger partial charge is 0.443 e. The van der Waals surface area contributed by atoms with Gasteiger partial charge < -0.3 is 19.8 Å². The van der Waals surface area contributed by atoms with Crippen molar-refractivity contribution in [3.05, 3.63) is 17.8 Å². The molecule has 1 rings (SSSR count). The molecule has 108 valence electrons. The molecular weight excluding hydrogens is 244 g/mol. The second kappa shape index (κ2) is 7.13. The Kier molecular flexibility index (Phi) is 5.82. The van der Waals surface area contributed by atoms with Crippen molar-refractivity contribution in [2.24, 2.45) is 4.99 Å². The van der Waals surface area contributed by atoms with Crippen LogP contribution in [-0.4, -0.2) is 38.3 Å². The number of guanidine groups is 1. The first-order chi connectivity index (χ1) is 8.97. The number of nitrogens with zero attached hydrogens (tertiary/aromatic N) is 2. The predicted octanol–water partition coefficient (Wildman–Crippen LogP) is 1.28. The van der Waals surface area contributed by atoms with Crippen LogP contribution in [0.5, 0.6) is 0 Å². The van der Waals surface area contributed by atoms with Crippen molar-refractivity contribution >= 4 is 5.96 Å². The number of oxazole rings is 1. The quantitative estimate of drug-likeness (QED) is 0.478. The van der Waals surface area contributed by atoms with Crippen LogP contribution >= 0.6 is 0 Å². The molecular formula is C13H24N4O2. The fourth-order valence-corrected chi connectivity index (χ4v) is 1.39. The Labute approximate surface area is 114 Å². The van der Waals surface area contributed by atoms with E-state index in [1.54, 1.807) is 20.4 Å². The molecule has 0 aliphatic carbocycles. The van der Waals surface area contributed by atoms with Crippen LogP contribution in [0.2, 0.25) is 0 Å². The Morgan fingerprint density at radius 3 is 2.68 bits per heavy atom. The summed E-state index contributed by atoms with van der Waals surface area (Å²) in [4.78, 5) is 8.35. The van der Waals surface area contributed by atoms with Gasteiger partial charge in [-0.05, 0) is 0 Å². The van der Waals surface area contributed by atoms with Crippen molar-refractivity contribution in [2.45, 2.75) is 32.7 Å². The third kappa shape index (κ3) is 5.30. The van der Waals surface area contributed by atoms with Crippen molar-refractivity contribution in [3.8, 4) is 0 Å². The molecule has 6 nitrogen and oxygen atoms in total. The van der Waals surface area contributed by atoms with Gasteiger partial charge in [0, 0.05) is 26.1 Å². The van der Waals surface area contributed by atoms with E-state index in [1.165, 1.54) is 0 Å². The maximum atomic E-state index is 5.69. The monoisotopic (exact) mass is 268 g/mol. The second-order valence-electron chi connectivity index (χ2n) is 5.21. The van der Waals surface area contributed by atoms with Crippen molar-refractivity contribution < 1.29 is 9.15 Å². The minimum Gasteiger partial charge on any atom is -0.443 e. The Morgan fingerprint density at radius 2 is 2.16 bits per heavy atom. The molecule has 0 amide bonds. The van der Waals surface area contributed by atoms with Crippen LogP contribution in [-0.2, 0) is 16.7 Å². The second-order valence-corrected chi connectivity index (χ2v) is 5.21. The fourth-order valence-electron chi connectivity index (χ4n) is 1.39. The fraction of sp³-hybridized carbons (Fsp3) is 0.692. The summed E-state index contributed by atoms with van der Waals surface area (Å²) in [5, 5.41) is 6.26. The third-order valence-electron chi connectivity index (χ3n) is 2.52. The van der Waals surface area contributed by atoms with E-state index in [2.05, 4.69) is 41.4 Å². The van der Waals surface area contributed by atoms with Crippen LogP contribution in [0, 0.1) is 0 Å². The first kappa shape index (κ1) is 15.5. The number of ether oxygens (including phenoxy) is 1. The number of aliphatic imine (C=N–C) groups is 1. The molecule has 1 aromatic rings. The van der Waals surface area contributed by atoms with Gasteiger partial charge in [0.1, 0.15) is 5.76 Å². The van der Waals surface area contributed by atoms with E-state index in [1.807, 2.05) is 0 Å². The zero-order chi connectivity index (χ0) is 14.3. The highest BCUT2D eigenvalue weighted by Gasteiger charge is 2.19. The summed E-state index contributed by atoms with van der Waals surface area (Å²) in [6.45, 7) is 8.12. The Balaban J connectivity index is 2.45. The molecule has 0 aromatic carbocycles. The number of methoxy groups -OCH3 is 1. The van der Waals surface area contributed by atoms with Gasteiger partial charge in [-0.3, -0.25) is 4.99 Å². The van der Waals surface area contributed by atoms with Crippen LogP contribution in [0.15, 0.2) is 15.6 Å². The highest BCUT2D eigenvalue weighted by molar-refractivity contribution is 5.79. The van der Waals surface area contributed by atoms with Crippen molar-refractivity contribution in [3.63, 3.8) is 0 Å². The van der Waals surface area contributed by atoms with Crippen molar-refractivity contribution in [1.82, 2.24) is 15.6 Å². The molecule has 0 aliphatic heterocycles. The summed E-state index contributed by atoms with van der Waals surface area (Å²) >= 11 is 0. The van der Waals surface area contributed by atoms with Crippen LogP contribution in [0.4, 0.5) is 0 Å². The molecule has 1 heterocycles. The molecule has 0 fully saturated rings. The lowest BCUT2D eigenvalue weighted by molar-refractivity contribution is 0.203. The summed E-state index contributed by atoms with van der Waals surface area (Å²) in [7, 11) is 3.39. The number of hydrogen-bond donors (Lipinski definition) is 2. The van der Waals surface area contributed by atoms with E-state index in [4.69, 9.17) is 9.15 Å². The Hall–Kier alpha value is -1.56. The standard InChI is InChI=1S/C13H24N4O2/c1-13(2,3)10-8-16-11(19-10)9-17-12(14-4)15-6-7-18-5/h8H,6-7,9H2,1-5H3,(H2,14,15,17). The lowest BCUT2D eigenvalue weighted by Crippen LogP contribution is -2.38. The average molecular weight is 268 g/mol. The molecule has 0 atom stereocenters. The molecule has 0 radical (unpaired) electrons. The molecule has 1 aromatic heterocycles. The average Bonchev–Trinajstić information content (AvgIpc) is 2.82. The van der Waals surface area contributed by atoms with Gasteiger partial charge in [0.2, 0.25) is 5.89 Å². The van der Waals surface area contributed by atoms with E-state index in [-0.39, 0.29) is 5.41 Å². The first-order valence-electron chi connectivity index (χ1n) is 6.36. The maximum absolute atomic E-state index is 5.69. The summed E-state index contributed by atoms with van der Waals surface area (Å²) in [6.07, 6.45) is 1.78. The van der Waals surface area contributed by atoms with Gasteiger partial charge in [0.25, 0.3) is 0 Å². The van der Waals surface area contributed by atoms with Gasteiger partial charge in [-0.25, -0.2) is 4.98 Å². The summed E-state index contributed by atoms with van der Waals surface area (Å²) in [5.74, 6) is 2.24. The summed E-state index contributed by atoms with van der Waals surface area (Å²) in [5.41, 5.74) is -0.0242. The van der Waals surface area contributed by atoms with Crippen LogP contribution in [0.3, 0.4) is 0 Å². The van der Waals surface area contributed by atoms with Gasteiger partial charge >= 0.3 is 0 Å². The molecule has 0 saturated heterocycles. The third-order valence-corrected chi connectivity index (χ3v) is 2.52. The zero-order valence-electron chi connectivity index (χ0n) is 12.4. The molecule has 0 bridgehead atoms. The number of hydrogen-bond acceptors (Lipinski definition) is 4. The van der Waals surface area contributed by atoms with Gasteiger partial charge in [-0.15, -0.1) is 0 Å². The molecule has 0 unspecified atom stereocenters. The number of nitrogens with one attached hydrogen (secondary N) is 2. The van der Waals surface area contributed by atoms with Crippen molar-refractivity contribution in [2.75, 3.05) is 27.3 Å². The maximum Gasteiger partial charge on any atom is 0.213 e.